The highest BCUT2D eigenvalue weighted by molar-refractivity contribution is 7.09. The van der Waals surface area contributed by atoms with Crippen LogP contribution in [-0.2, 0) is 11.3 Å². The van der Waals surface area contributed by atoms with Crippen LogP contribution in [0.15, 0.2) is 9.90 Å². The number of rotatable bonds is 5. The van der Waals surface area contributed by atoms with E-state index in [2.05, 4.69) is 26.9 Å². The van der Waals surface area contributed by atoms with Crippen molar-refractivity contribution in [2.75, 3.05) is 26.2 Å². The lowest BCUT2D eigenvalue weighted by molar-refractivity contribution is -0.0350. The summed E-state index contributed by atoms with van der Waals surface area (Å²) in [6.45, 7) is 6.12. The quantitative estimate of drug-likeness (QED) is 0.893. The molecular weight excluding hydrogens is 290 g/mol. The number of nitrogens with two attached hydrogens (primary N) is 1. The van der Waals surface area contributed by atoms with E-state index in [0.29, 0.717) is 30.6 Å². The van der Waals surface area contributed by atoms with Crippen LogP contribution in [0.3, 0.4) is 0 Å². The number of aromatic nitrogens is 3. The summed E-state index contributed by atoms with van der Waals surface area (Å²) in [4.78, 5) is 11.1. The van der Waals surface area contributed by atoms with Gasteiger partial charge in [-0.1, -0.05) is 12.1 Å². The summed E-state index contributed by atoms with van der Waals surface area (Å²) in [5.74, 6) is 1.02. The fraction of sp³-hybridized carbons (Fsp3) is 0.615. The lowest BCUT2D eigenvalue weighted by Crippen LogP contribution is -2.39. The minimum Gasteiger partial charge on any atom is -0.367 e. The number of hydrogen-bond acceptors (Lipinski definition) is 8. The predicted octanol–water partition coefficient (Wildman–Crippen LogP) is 1.44. The van der Waals surface area contributed by atoms with Gasteiger partial charge in [-0.15, -0.1) is 11.3 Å². The first kappa shape index (κ1) is 14.6. The molecule has 1 aliphatic heterocycles. The fourth-order valence-electron chi connectivity index (χ4n) is 2.35. The molecule has 2 aromatic rings. The highest BCUT2D eigenvalue weighted by atomic mass is 32.1. The Labute approximate surface area is 127 Å². The minimum absolute atomic E-state index is 0.129. The zero-order valence-electron chi connectivity index (χ0n) is 12.0. The summed E-state index contributed by atoms with van der Waals surface area (Å²) in [6.07, 6.45) is 1.00. The summed E-state index contributed by atoms with van der Waals surface area (Å²) in [6, 6.07) is 0. The molecule has 0 saturated carbocycles. The van der Waals surface area contributed by atoms with Crippen molar-refractivity contribution in [1.82, 2.24) is 20.0 Å². The molecule has 1 saturated heterocycles. The van der Waals surface area contributed by atoms with Crippen molar-refractivity contribution in [2.45, 2.75) is 26.0 Å². The van der Waals surface area contributed by atoms with Crippen LogP contribution in [0.1, 0.15) is 30.3 Å². The van der Waals surface area contributed by atoms with Gasteiger partial charge in [-0.2, -0.15) is 4.98 Å². The second-order valence-corrected chi connectivity index (χ2v) is 5.89. The summed E-state index contributed by atoms with van der Waals surface area (Å²) in [5, 5.41) is 6.78. The molecule has 1 atom stereocenters. The average molecular weight is 309 g/mol. The highest BCUT2D eigenvalue weighted by Gasteiger charge is 2.26. The Balaban J connectivity index is 1.72. The molecule has 7 nitrogen and oxygen atoms in total. The standard InChI is InChI=1S/C13H19N5O2S/c1-2-3-18-4-5-19-10(7-18)12-16-13(20-17-12)9-8-21-11(6-14)15-9/h8,10H,2-7,14H2,1H3. The van der Waals surface area contributed by atoms with Gasteiger partial charge in [0.05, 0.1) is 6.61 Å². The van der Waals surface area contributed by atoms with E-state index in [1.165, 1.54) is 11.3 Å². The molecule has 0 amide bonds. The predicted molar refractivity (Wildman–Crippen MR) is 78.7 cm³/mol. The van der Waals surface area contributed by atoms with Gasteiger partial charge in [-0.05, 0) is 13.0 Å². The molecule has 0 aromatic carbocycles. The van der Waals surface area contributed by atoms with E-state index < -0.39 is 0 Å². The topological polar surface area (TPSA) is 90.3 Å². The molecule has 21 heavy (non-hydrogen) atoms. The molecule has 1 aliphatic rings. The van der Waals surface area contributed by atoms with Crippen molar-refractivity contribution >= 4 is 11.3 Å². The van der Waals surface area contributed by atoms with Crippen LogP contribution in [-0.4, -0.2) is 46.3 Å². The lowest BCUT2D eigenvalue weighted by Gasteiger charge is -2.30. The van der Waals surface area contributed by atoms with E-state index in [9.17, 15) is 0 Å². The molecular formula is C13H19N5O2S. The molecule has 0 aliphatic carbocycles. The number of nitrogens with zero attached hydrogens (tertiary/aromatic N) is 4. The zero-order chi connectivity index (χ0) is 14.7. The maximum Gasteiger partial charge on any atom is 0.277 e. The first-order valence-electron chi connectivity index (χ1n) is 7.12. The third-order valence-corrected chi connectivity index (χ3v) is 4.24. The summed E-state index contributed by atoms with van der Waals surface area (Å²) < 4.78 is 11.1. The fourth-order valence-corrected chi connectivity index (χ4v) is 3.00. The molecule has 1 fully saturated rings. The SMILES string of the molecule is CCCN1CCOC(c2noc(-c3csc(CN)n3)n2)C1. The summed E-state index contributed by atoms with van der Waals surface area (Å²) >= 11 is 1.49. The first-order chi connectivity index (χ1) is 10.3. The Hall–Kier alpha value is -1.35. The van der Waals surface area contributed by atoms with E-state index in [-0.39, 0.29) is 6.10 Å². The van der Waals surface area contributed by atoms with Crippen LogP contribution in [0.25, 0.3) is 11.6 Å². The highest BCUT2D eigenvalue weighted by Crippen LogP contribution is 2.24. The van der Waals surface area contributed by atoms with Crippen LogP contribution in [0.5, 0.6) is 0 Å². The average Bonchev–Trinajstić information content (AvgIpc) is 3.17. The Morgan fingerprint density at radius 2 is 2.38 bits per heavy atom. The minimum atomic E-state index is -0.129. The van der Waals surface area contributed by atoms with Crippen LogP contribution in [0.2, 0.25) is 0 Å². The Bertz CT molecular complexity index is 583. The number of thiazole rings is 1. The summed E-state index contributed by atoms with van der Waals surface area (Å²) in [7, 11) is 0. The Morgan fingerprint density at radius 3 is 3.14 bits per heavy atom. The number of morpholine rings is 1. The second kappa shape index (κ2) is 6.61. The second-order valence-electron chi connectivity index (χ2n) is 4.95. The van der Waals surface area contributed by atoms with Gasteiger partial charge < -0.3 is 15.0 Å². The van der Waals surface area contributed by atoms with Gasteiger partial charge in [0.25, 0.3) is 5.89 Å². The van der Waals surface area contributed by atoms with Gasteiger partial charge in [-0.3, -0.25) is 4.90 Å². The molecule has 0 radical (unpaired) electrons. The monoisotopic (exact) mass is 309 g/mol. The molecule has 114 valence electrons. The van der Waals surface area contributed by atoms with Gasteiger partial charge in [0.15, 0.2) is 0 Å². The van der Waals surface area contributed by atoms with E-state index >= 15 is 0 Å². The van der Waals surface area contributed by atoms with Crippen molar-refractivity contribution in [3.05, 3.63) is 16.2 Å². The third-order valence-electron chi connectivity index (χ3n) is 3.37. The third kappa shape index (κ3) is 3.29. The van der Waals surface area contributed by atoms with Crippen LogP contribution < -0.4 is 5.73 Å². The van der Waals surface area contributed by atoms with E-state index in [4.69, 9.17) is 15.0 Å². The Morgan fingerprint density at radius 1 is 1.48 bits per heavy atom. The van der Waals surface area contributed by atoms with E-state index in [0.717, 1.165) is 31.1 Å². The molecule has 1 unspecified atom stereocenters. The van der Waals surface area contributed by atoms with Gasteiger partial charge >= 0.3 is 0 Å². The molecule has 0 bridgehead atoms. The van der Waals surface area contributed by atoms with Crippen LogP contribution in [0, 0.1) is 0 Å². The molecule has 3 heterocycles. The van der Waals surface area contributed by atoms with Gasteiger partial charge in [0, 0.05) is 25.0 Å². The van der Waals surface area contributed by atoms with E-state index in [1.807, 2.05) is 5.38 Å². The van der Waals surface area contributed by atoms with Crippen LogP contribution in [0.4, 0.5) is 0 Å². The van der Waals surface area contributed by atoms with E-state index in [1.54, 1.807) is 0 Å². The zero-order valence-corrected chi connectivity index (χ0v) is 12.8. The number of hydrogen-bond donors (Lipinski definition) is 1. The Kier molecular flexibility index (Phi) is 4.59. The smallest absolute Gasteiger partial charge is 0.277 e. The number of ether oxygens (including phenoxy) is 1. The molecule has 8 heteroatoms. The normalized spacial score (nSPS) is 20.0. The van der Waals surface area contributed by atoms with Gasteiger partial charge in [0.1, 0.15) is 16.8 Å². The van der Waals surface area contributed by atoms with Crippen LogP contribution >= 0.6 is 11.3 Å². The first-order valence-corrected chi connectivity index (χ1v) is 8.00. The molecule has 3 rings (SSSR count). The van der Waals surface area contributed by atoms with Crippen molar-refractivity contribution in [2.24, 2.45) is 5.73 Å². The summed E-state index contributed by atoms with van der Waals surface area (Å²) in [5.41, 5.74) is 6.24. The molecule has 0 spiro atoms. The van der Waals surface area contributed by atoms with Crippen molar-refractivity contribution in [3.8, 4) is 11.6 Å². The van der Waals surface area contributed by atoms with Crippen molar-refractivity contribution in [3.63, 3.8) is 0 Å². The lowest BCUT2D eigenvalue weighted by atomic mass is 10.2. The maximum absolute atomic E-state index is 5.75. The van der Waals surface area contributed by atoms with Crippen molar-refractivity contribution in [1.29, 1.82) is 0 Å². The largest absolute Gasteiger partial charge is 0.367 e. The van der Waals surface area contributed by atoms with Gasteiger partial charge in [-0.25, -0.2) is 4.98 Å². The van der Waals surface area contributed by atoms with Gasteiger partial charge in [0.2, 0.25) is 5.82 Å². The maximum atomic E-state index is 5.75. The van der Waals surface area contributed by atoms with Crippen molar-refractivity contribution < 1.29 is 9.26 Å². The molecule has 2 aromatic heterocycles. The molecule has 2 N–H and O–H groups in total.